The minimum absolute atomic E-state index is 0.00339. The zero-order valence-corrected chi connectivity index (χ0v) is 25.5. The lowest BCUT2D eigenvalue weighted by Crippen LogP contribution is -2.36. The highest BCUT2D eigenvalue weighted by atomic mass is 16.5. The van der Waals surface area contributed by atoms with Crippen molar-refractivity contribution < 1.29 is 14.6 Å². The molecule has 6 heteroatoms. The van der Waals surface area contributed by atoms with Crippen molar-refractivity contribution in [1.29, 1.82) is 0 Å². The minimum Gasteiger partial charge on any atom is -0.485 e. The van der Waals surface area contributed by atoms with Crippen molar-refractivity contribution in [3.05, 3.63) is 70.3 Å². The van der Waals surface area contributed by atoms with E-state index in [-0.39, 0.29) is 24.0 Å². The molecular formula is C36H47N3O3. The Kier molecular flexibility index (Phi) is 8.35. The lowest BCUT2D eigenvalue weighted by atomic mass is 9.68. The van der Waals surface area contributed by atoms with E-state index in [1.807, 2.05) is 0 Å². The summed E-state index contributed by atoms with van der Waals surface area (Å²) in [6, 6.07) is 11.1. The highest BCUT2D eigenvalue weighted by Gasteiger charge is 2.39. The van der Waals surface area contributed by atoms with Gasteiger partial charge in [0.25, 0.3) is 0 Å². The molecule has 4 heterocycles. The molecule has 0 saturated heterocycles. The summed E-state index contributed by atoms with van der Waals surface area (Å²) in [4.78, 5) is 16.6. The monoisotopic (exact) mass is 569 g/mol. The van der Waals surface area contributed by atoms with Gasteiger partial charge in [-0.3, -0.25) is 4.79 Å². The third-order valence-corrected chi connectivity index (χ3v) is 10.1. The fourth-order valence-corrected chi connectivity index (χ4v) is 7.68. The van der Waals surface area contributed by atoms with E-state index in [4.69, 9.17) is 16.4 Å². The Morgan fingerprint density at radius 3 is 2.83 bits per heavy atom. The number of ether oxygens (including phenoxy) is 1. The Morgan fingerprint density at radius 1 is 1.19 bits per heavy atom. The summed E-state index contributed by atoms with van der Waals surface area (Å²) in [6.45, 7) is 10.7. The van der Waals surface area contributed by atoms with Gasteiger partial charge >= 0.3 is 0 Å². The van der Waals surface area contributed by atoms with Crippen molar-refractivity contribution in [1.82, 2.24) is 4.90 Å². The average molecular weight is 570 g/mol. The maximum Gasteiger partial charge on any atom is 0.222 e. The molecule has 0 aliphatic carbocycles. The van der Waals surface area contributed by atoms with Crippen molar-refractivity contribution >= 4 is 23.4 Å². The van der Waals surface area contributed by atoms with Gasteiger partial charge in [0.15, 0.2) is 0 Å². The summed E-state index contributed by atoms with van der Waals surface area (Å²) in [7, 11) is 1.76. The summed E-state index contributed by atoms with van der Waals surface area (Å²) in [5.41, 5.74) is 10.2. The molecule has 4 aliphatic heterocycles. The topological polar surface area (TPSA) is 65.0 Å². The molecule has 0 bridgehead atoms. The summed E-state index contributed by atoms with van der Waals surface area (Å²) >= 11 is 0. The molecular weight excluding hydrogens is 522 g/mol. The van der Waals surface area contributed by atoms with Crippen molar-refractivity contribution in [2.24, 2.45) is 0 Å². The molecule has 6 rings (SSSR count). The number of fused-ring (bicyclic) bond motifs is 4. The molecule has 2 unspecified atom stereocenters. The first-order valence-electron chi connectivity index (χ1n) is 16.1. The number of aliphatic hydroxyl groups is 1. The molecule has 0 fully saturated rings. The van der Waals surface area contributed by atoms with Crippen LogP contribution in [0.1, 0.15) is 80.5 Å². The van der Waals surface area contributed by atoms with E-state index in [2.05, 4.69) is 53.5 Å². The first-order valence-corrected chi connectivity index (χ1v) is 16.1. The second-order valence-electron chi connectivity index (χ2n) is 12.9. The third-order valence-electron chi connectivity index (χ3n) is 10.1. The van der Waals surface area contributed by atoms with Crippen LogP contribution in [0.5, 0.6) is 5.75 Å². The standard InChI is InChI=1S/C36H47N3O3/c1-25-29-24-27-23-26-11-9-19-39-20-10-12-28(34(26)39)35(27)42-32(29)16-18-37-31-14-7-6-13-30(31)36(25,2)17-8-4-5-15-33(41)38(3)21-22-40/h6-7,13-14,23-24,32,37,40H,1,4-5,8-12,15-22H2,2-3H3. The maximum atomic E-state index is 12.4. The number of rotatable bonds is 8. The molecule has 0 radical (unpaired) electrons. The van der Waals surface area contributed by atoms with Gasteiger partial charge in [-0.15, -0.1) is 0 Å². The average Bonchev–Trinajstić information content (AvgIpc) is 3.04. The molecule has 4 aliphatic rings. The fraction of sp³-hybridized carbons (Fsp3) is 0.528. The highest BCUT2D eigenvalue weighted by molar-refractivity contribution is 5.78. The number of nitrogens with zero attached hydrogens (tertiary/aromatic N) is 2. The van der Waals surface area contributed by atoms with Gasteiger partial charge in [0.1, 0.15) is 11.9 Å². The van der Waals surface area contributed by atoms with Gasteiger partial charge in [-0.2, -0.15) is 0 Å². The number of amides is 1. The van der Waals surface area contributed by atoms with Crippen LogP contribution >= 0.6 is 0 Å². The number of likely N-dealkylation sites (N-methyl/N-ethyl adjacent to an activating group) is 1. The molecule has 1 amide bonds. The second-order valence-corrected chi connectivity index (χ2v) is 12.9. The van der Waals surface area contributed by atoms with Gasteiger partial charge in [0.05, 0.1) is 6.61 Å². The van der Waals surface area contributed by atoms with Gasteiger partial charge < -0.3 is 25.0 Å². The van der Waals surface area contributed by atoms with Crippen LogP contribution in [-0.2, 0) is 23.1 Å². The summed E-state index contributed by atoms with van der Waals surface area (Å²) in [6.07, 6.45) is 12.2. The number of para-hydroxylation sites is 1. The number of unbranched alkanes of at least 4 members (excludes halogenated alkanes) is 2. The fourth-order valence-electron chi connectivity index (χ4n) is 7.68. The van der Waals surface area contributed by atoms with Crippen LogP contribution in [0, 0.1) is 0 Å². The quantitative estimate of drug-likeness (QED) is 0.368. The maximum absolute atomic E-state index is 12.4. The van der Waals surface area contributed by atoms with E-state index in [9.17, 15) is 4.79 Å². The Hall–Kier alpha value is -3.25. The molecule has 2 atom stereocenters. The van der Waals surface area contributed by atoms with Crippen LogP contribution in [0.3, 0.4) is 0 Å². The Bertz CT molecular complexity index is 1380. The van der Waals surface area contributed by atoms with Crippen LogP contribution in [0.2, 0.25) is 0 Å². The van der Waals surface area contributed by atoms with Crippen LogP contribution in [0.25, 0.3) is 6.08 Å². The number of carbonyl (C=O) groups excluding carboxylic acids is 1. The number of hydrogen-bond donors (Lipinski definition) is 2. The smallest absolute Gasteiger partial charge is 0.222 e. The van der Waals surface area contributed by atoms with Crippen molar-refractivity contribution in [3.63, 3.8) is 0 Å². The number of benzene rings is 2. The van der Waals surface area contributed by atoms with Gasteiger partial charge in [-0.25, -0.2) is 0 Å². The van der Waals surface area contributed by atoms with E-state index in [0.717, 1.165) is 75.9 Å². The molecule has 0 spiro atoms. The van der Waals surface area contributed by atoms with Crippen LogP contribution < -0.4 is 15.0 Å². The molecule has 0 aromatic heterocycles. The highest BCUT2D eigenvalue weighted by Crippen LogP contribution is 2.50. The first-order chi connectivity index (χ1) is 20.4. The molecule has 2 aromatic carbocycles. The molecule has 0 saturated carbocycles. The van der Waals surface area contributed by atoms with Crippen molar-refractivity contribution in [2.75, 3.05) is 50.1 Å². The van der Waals surface area contributed by atoms with Crippen LogP contribution in [0.15, 0.2) is 48.1 Å². The number of aryl methyl sites for hydroxylation is 1. The first kappa shape index (κ1) is 28.9. The van der Waals surface area contributed by atoms with Crippen molar-refractivity contribution in [3.8, 4) is 5.75 Å². The van der Waals surface area contributed by atoms with E-state index in [0.29, 0.717) is 13.0 Å². The Labute approximate surface area is 251 Å². The van der Waals surface area contributed by atoms with E-state index in [1.165, 1.54) is 52.0 Å². The van der Waals surface area contributed by atoms with Crippen molar-refractivity contribution in [2.45, 2.75) is 82.7 Å². The minimum atomic E-state index is -0.268. The summed E-state index contributed by atoms with van der Waals surface area (Å²) in [5, 5.41) is 12.9. The number of anilines is 2. The van der Waals surface area contributed by atoms with E-state index >= 15 is 0 Å². The summed E-state index contributed by atoms with van der Waals surface area (Å²) in [5.74, 6) is 1.21. The zero-order chi connectivity index (χ0) is 29.3. The Balaban J connectivity index is 1.30. The molecule has 2 N–H and O–H groups in total. The predicted octanol–water partition coefficient (Wildman–Crippen LogP) is 6.26. The molecule has 224 valence electrons. The number of hydrogen-bond acceptors (Lipinski definition) is 5. The van der Waals surface area contributed by atoms with Gasteiger partial charge in [0, 0.05) is 74.0 Å². The SMILES string of the molecule is C=C1C2=Cc3cc4c5c(c3OC2CCNc2ccccc2C1(C)CCCCCC(=O)N(C)CCO)CCCN5CCC4. The van der Waals surface area contributed by atoms with Crippen LogP contribution in [0.4, 0.5) is 11.4 Å². The normalized spacial score (nSPS) is 22.5. The largest absolute Gasteiger partial charge is 0.485 e. The molecule has 2 aromatic rings. The lowest BCUT2D eigenvalue weighted by molar-refractivity contribution is -0.130. The second kappa shape index (κ2) is 12.2. The number of nitrogens with one attached hydrogen (secondary N) is 1. The van der Waals surface area contributed by atoms with Crippen LogP contribution in [-0.4, -0.2) is 61.9 Å². The van der Waals surface area contributed by atoms with E-state index < -0.39 is 0 Å². The van der Waals surface area contributed by atoms with Gasteiger partial charge in [-0.1, -0.05) is 44.5 Å². The van der Waals surface area contributed by atoms with Gasteiger partial charge in [-0.05, 0) is 79.0 Å². The lowest BCUT2D eigenvalue weighted by Gasteiger charge is -2.41. The Morgan fingerprint density at radius 2 is 2.00 bits per heavy atom. The number of aliphatic hydroxyl groups excluding tert-OH is 1. The van der Waals surface area contributed by atoms with Gasteiger partial charge in [0.2, 0.25) is 5.91 Å². The summed E-state index contributed by atoms with van der Waals surface area (Å²) < 4.78 is 7.02. The predicted molar refractivity (Wildman–Crippen MR) is 172 cm³/mol. The molecule has 6 nitrogen and oxygen atoms in total. The third kappa shape index (κ3) is 5.34. The number of carbonyl (C=O) groups is 1. The zero-order valence-electron chi connectivity index (χ0n) is 25.5. The molecule has 42 heavy (non-hydrogen) atoms. The van der Waals surface area contributed by atoms with E-state index in [1.54, 1.807) is 11.9 Å².